The maximum atomic E-state index is 13.5. The predicted molar refractivity (Wildman–Crippen MR) is 133 cm³/mol. The molecule has 1 N–H and O–H groups in total. The lowest BCUT2D eigenvalue weighted by molar-refractivity contribution is -0.139. The van der Waals surface area contributed by atoms with E-state index in [1.54, 1.807) is 13.0 Å². The summed E-state index contributed by atoms with van der Waals surface area (Å²) in [5.41, 5.74) is 1.89. The topological polar surface area (TPSA) is 86.8 Å². The van der Waals surface area contributed by atoms with Crippen molar-refractivity contribution in [3.8, 4) is 0 Å². The Balaban J connectivity index is 2.45. The molecule has 0 spiro atoms. The summed E-state index contributed by atoms with van der Waals surface area (Å²) in [6, 6.07) is 11.1. The van der Waals surface area contributed by atoms with Crippen molar-refractivity contribution < 1.29 is 18.0 Å². The molecule has 0 aromatic heterocycles. The third kappa shape index (κ3) is 7.09. The van der Waals surface area contributed by atoms with Gasteiger partial charge in [0.05, 0.1) is 22.0 Å². The quantitative estimate of drug-likeness (QED) is 0.548. The maximum Gasteiger partial charge on any atom is 0.244 e. The molecule has 0 saturated carbocycles. The Morgan fingerprint density at radius 1 is 1.03 bits per heavy atom. The van der Waals surface area contributed by atoms with Crippen molar-refractivity contribution in [2.24, 2.45) is 0 Å². The summed E-state index contributed by atoms with van der Waals surface area (Å²) in [5, 5.41) is 2.99. The number of halogens is 2. The normalized spacial score (nSPS) is 12.4. The Labute approximate surface area is 205 Å². The number of aryl methyl sites for hydroxylation is 1. The standard InChI is InChI=1S/C23H29Cl2N3O4S/c1-15(2)26-23(30)17(4)27(13-18-10-7-6-9-16(18)3)21(29)14-28(33(5,31)32)20-12-8-11-19(24)22(20)25/h6-12,15,17H,13-14H2,1-5H3,(H,26,30)/t17-/m0/s1. The summed E-state index contributed by atoms with van der Waals surface area (Å²) >= 11 is 12.3. The average molecular weight is 514 g/mol. The summed E-state index contributed by atoms with van der Waals surface area (Å²) < 4.78 is 26.1. The molecule has 2 aromatic carbocycles. The van der Waals surface area contributed by atoms with Crippen molar-refractivity contribution in [1.29, 1.82) is 0 Å². The van der Waals surface area contributed by atoms with E-state index in [4.69, 9.17) is 23.2 Å². The molecular formula is C23H29Cl2N3O4S. The minimum absolute atomic E-state index is 0.0217. The summed E-state index contributed by atoms with van der Waals surface area (Å²) in [6.07, 6.45) is 0.984. The van der Waals surface area contributed by atoms with Gasteiger partial charge in [0.2, 0.25) is 21.8 Å². The number of hydrogen-bond donors (Lipinski definition) is 1. The highest BCUT2D eigenvalue weighted by atomic mass is 35.5. The molecule has 0 aliphatic rings. The van der Waals surface area contributed by atoms with Crippen LogP contribution in [-0.2, 0) is 26.2 Å². The van der Waals surface area contributed by atoms with Gasteiger partial charge in [-0.15, -0.1) is 0 Å². The van der Waals surface area contributed by atoms with Crippen molar-refractivity contribution >= 4 is 50.7 Å². The molecule has 0 unspecified atom stereocenters. The first kappa shape index (κ1) is 27.0. The summed E-state index contributed by atoms with van der Waals surface area (Å²) in [7, 11) is -3.89. The van der Waals surface area contributed by atoms with E-state index >= 15 is 0 Å². The lowest BCUT2D eigenvalue weighted by Crippen LogP contribution is -2.52. The third-order valence-electron chi connectivity index (χ3n) is 5.08. The van der Waals surface area contributed by atoms with Gasteiger partial charge in [0.15, 0.2) is 0 Å². The van der Waals surface area contributed by atoms with Crippen LogP contribution in [0.25, 0.3) is 0 Å². The van der Waals surface area contributed by atoms with Gasteiger partial charge in [-0.05, 0) is 51.0 Å². The molecule has 10 heteroatoms. The number of hydrogen-bond acceptors (Lipinski definition) is 4. The van der Waals surface area contributed by atoms with Gasteiger partial charge in [-0.3, -0.25) is 13.9 Å². The minimum atomic E-state index is -3.89. The Bertz CT molecular complexity index is 1120. The number of anilines is 1. The van der Waals surface area contributed by atoms with Crippen molar-refractivity contribution in [2.75, 3.05) is 17.1 Å². The molecule has 0 radical (unpaired) electrons. The molecule has 2 aromatic rings. The van der Waals surface area contributed by atoms with Crippen LogP contribution in [0.5, 0.6) is 0 Å². The molecular weight excluding hydrogens is 485 g/mol. The smallest absolute Gasteiger partial charge is 0.244 e. The van der Waals surface area contributed by atoms with E-state index in [-0.39, 0.29) is 34.2 Å². The number of amides is 2. The van der Waals surface area contributed by atoms with E-state index in [1.807, 2.05) is 45.0 Å². The highest BCUT2D eigenvalue weighted by Crippen LogP contribution is 2.33. The molecule has 0 aliphatic heterocycles. The first-order chi connectivity index (χ1) is 15.3. The lowest BCUT2D eigenvalue weighted by Gasteiger charge is -2.32. The molecule has 0 aliphatic carbocycles. The van der Waals surface area contributed by atoms with E-state index in [2.05, 4.69) is 5.32 Å². The predicted octanol–water partition coefficient (Wildman–Crippen LogP) is 4.01. The fraction of sp³-hybridized carbons (Fsp3) is 0.391. The molecule has 0 bridgehead atoms. The third-order valence-corrected chi connectivity index (χ3v) is 7.01. The zero-order valence-electron chi connectivity index (χ0n) is 19.3. The zero-order valence-corrected chi connectivity index (χ0v) is 21.6. The van der Waals surface area contributed by atoms with Crippen LogP contribution >= 0.6 is 23.2 Å². The molecule has 1 atom stereocenters. The lowest BCUT2D eigenvalue weighted by atomic mass is 10.1. The highest BCUT2D eigenvalue weighted by Gasteiger charge is 2.31. The zero-order chi connectivity index (χ0) is 24.9. The number of carbonyl (C=O) groups excluding carboxylic acids is 2. The van der Waals surface area contributed by atoms with Crippen LogP contribution in [0.15, 0.2) is 42.5 Å². The van der Waals surface area contributed by atoms with Crippen molar-refractivity contribution in [1.82, 2.24) is 10.2 Å². The van der Waals surface area contributed by atoms with Gasteiger partial charge in [0.25, 0.3) is 0 Å². The summed E-state index contributed by atoms with van der Waals surface area (Å²) in [4.78, 5) is 27.6. The van der Waals surface area contributed by atoms with Gasteiger partial charge in [-0.2, -0.15) is 0 Å². The first-order valence-electron chi connectivity index (χ1n) is 10.4. The Kier molecular flexibility index (Phi) is 9.17. The molecule has 33 heavy (non-hydrogen) atoms. The van der Waals surface area contributed by atoms with E-state index in [0.29, 0.717) is 0 Å². The second-order valence-electron chi connectivity index (χ2n) is 8.13. The highest BCUT2D eigenvalue weighted by molar-refractivity contribution is 7.92. The number of carbonyl (C=O) groups is 2. The Morgan fingerprint density at radius 3 is 2.24 bits per heavy atom. The number of nitrogens with one attached hydrogen (secondary N) is 1. The second-order valence-corrected chi connectivity index (χ2v) is 10.8. The molecule has 7 nitrogen and oxygen atoms in total. The van der Waals surface area contributed by atoms with Gasteiger partial charge >= 0.3 is 0 Å². The molecule has 0 fully saturated rings. The molecule has 0 saturated heterocycles. The largest absolute Gasteiger partial charge is 0.352 e. The number of benzene rings is 2. The number of rotatable bonds is 9. The Hall–Kier alpha value is -2.29. The van der Waals surface area contributed by atoms with E-state index in [1.165, 1.54) is 17.0 Å². The minimum Gasteiger partial charge on any atom is -0.352 e. The van der Waals surface area contributed by atoms with Crippen LogP contribution in [0, 0.1) is 6.92 Å². The summed E-state index contributed by atoms with van der Waals surface area (Å²) in [5.74, 6) is -0.884. The van der Waals surface area contributed by atoms with Gasteiger partial charge in [-0.25, -0.2) is 8.42 Å². The number of sulfonamides is 1. The fourth-order valence-electron chi connectivity index (χ4n) is 3.24. The second kappa shape index (κ2) is 11.2. The van der Waals surface area contributed by atoms with E-state index in [9.17, 15) is 18.0 Å². The van der Waals surface area contributed by atoms with Gasteiger partial charge in [-0.1, -0.05) is 53.5 Å². The van der Waals surface area contributed by atoms with E-state index in [0.717, 1.165) is 21.7 Å². The van der Waals surface area contributed by atoms with E-state index < -0.39 is 28.5 Å². The average Bonchev–Trinajstić information content (AvgIpc) is 2.71. The fourth-order valence-corrected chi connectivity index (χ4v) is 4.54. The van der Waals surface area contributed by atoms with Crippen molar-refractivity contribution in [2.45, 2.75) is 46.3 Å². The first-order valence-corrected chi connectivity index (χ1v) is 13.0. The molecule has 0 heterocycles. The Morgan fingerprint density at radius 2 is 1.67 bits per heavy atom. The monoisotopic (exact) mass is 513 g/mol. The van der Waals surface area contributed by atoms with Crippen LogP contribution in [-0.4, -0.2) is 50.0 Å². The van der Waals surface area contributed by atoms with Gasteiger partial charge in [0, 0.05) is 12.6 Å². The van der Waals surface area contributed by atoms with Gasteiger partial charge < -0.3 is 10.2 Å². The maximum absolute atomic E-state index is 13.5. The van der Waals surface area contributed by atoms with Crippen molar-refractivity contribution in [3.05, 3.63) is 63.6 Å². The van der Waals surface area contributed by atoms with Crippen LogP contribution in [0.2, 0.25) is 10.0 Å². The van der Waals surface area contributed by atoms with Crippen LogP contribution in [0.4, 0.5) is 5.69 Å². The van der Waals surface area contributed by atoms with Gasteiger partial charge in [0.1, 0.15) is 12.6 Å². The van der Waals surface area contributed by atoms with Crippen molar-refractivity contribution in [3.63, 3.8) is 0 Å². The SMILES string of the molecule is Cc1ccccc1CN(C(=O)CN(c1cccc(Cl)c1Cl)S(C)(=O)=O)[C@@H](C)C(=O)NC(C)C. The molecule has 180 valence electrons. The van der Waals surface area contributed by atoms with Crippen LogP contribution < -0.4 is 9.62 Å². The van der Waals surface area contributed by atoms with Crippen LogP contribution in [0.3, 0.4) is 0 Å². The molecule has 2 rings (SSSR count). The van der Waals surface area contributed by atoms with Crippen LogP contribution in [0.1, 0.15) is 31.9 Å². The number of nitrogens with zero attached hydrogens (tertiary/aromatic N) is 2. The summed E-state index contributed by atoms with van der Waals surface area (Å²) in [6.45, 7) is 6.77. The molecule has 2 amide bonds.